The molecule has 0 aromatic heterocycles. The molecule has 1 aliphatic rings. The Hall–Kier alpha value is -2.91. The number of carbonyl (C=O) groups is 2. The van der Waals surface area contributed by atoms with Crippen LogP contribution in [0, 0.1) is 0 Å². The SMILES string of the molecule is O=C(O)c1ccc(NC(=O)c2cc(S(=O)(=O)N3CCCC3)ccc2O)cc1. The molecule has 0 radical (unpaired) electrons. The number of phenolic OH excluding ortho intramolecular Hbond substituents is 1. The fourth-order valence-electron chi connectivity index (χ4n) is 2.83. The van der Waals surface area contributed by atoms with Gasteiger partial charge in [-0.25, -0.2) is 13.2 Å². The number of nitrogens with zero attached hydrogens (tertiary/aromatic N) is 1. The third-order valence-electron chi connectivity index (χ3n) is 4.31. The van der Waals surface area contributed by atoms with Crippen LogP contribution in [0.25, 0.3) is 0 Å². The predicted octanol–water partition coefficient (Wildman–Crippen LogP) is 2.13. The highest BCUT2D eigenvalue weighted by molar-refractivity contribution is 7.89. The number of hydrogen-bond donors (Lipinski definition) is 3. The minimum absolute atomic E-state index is 0.0615. The van der Waals surface area contributed by atoms with Crippen molar-refractivity contribution in [2.45, 2.75) is 17.7 Å². The average molecular weight is 390 g/mol. The second kappa shape index (κ2) is 7.37. The summed E-state index contributed by atoms with van der Waals surface area (Å²) in [5.41, 5.74) is 0.198. The van der Waals surface area contributed by atoms with E-state index in [1.165, 1.54) is 40.7 Å². The molecule has 0 atom stereocenters. The smallest absolute Gasteiger partial charge is 0.335 e. The van der Waals surface area contributed by atoms with E-state index in [0.29, 0.717) is 18.8 Å². The minimum atomic E-state index is -3.72. The van der Waals surface area contributed by atoms with Gasteiger partial charge in [0.2, 0.25) is 10.0 Å². The molecule has 1 fully saturated rings. The van der Waals surface area contributed by atoms with Crippen molar-refractivity contribution in [3.63, 3.8) is 0 Å². The molecule has 1 amide bonds. The summed E-state index contributed by atoms with van der Waals surface area (Å²) in [7, 11) is -3.72. The second-order valence-corrected chi connectivity index (χ2v) is 8.06. The largest absolute Gasteiger partial charge is 0.507 e. The zero-order valence-electron chi connectivity index (χ0n) is 14.3. The lowest BCUT2D eigenvalue weighted by molar-refractivity contribution is 0.0696. The van der Waals surface area contributed by atoms with E-state index in [9.17, 15) is 23.1 Å². The molecular weight excluding hydrogens is 372 g/mol. The van der Waals surface area contributed by atoms with Crippen LogP contribution in [0.5, 0.6) is 5.75 Å². The highest BCUT2D eigenvalue weighted by Gasteiger charge is 2.28. The van der Waals surface area contributed by atoms with Crippen molar-refractivity contribution < 1.29 is 28.2 Å². The molecule has 3 N–H and O–H groups in total. The van der Waals surface area contributed by atoms with Gasteiger partial charge in [0.05, 0.1) is 16.0 Å². The standard InChI is InChI=1S/C18H18N2O6S/c21-16-8-7-14(27(25,26)20-9-1-2-10-20)11-15(16)17(22)19-13-5-3-12(4-6-13)18(23)24/h3-8,11,21H,1-2,9-10H2,(H,19,22)(H,23,24). The second-order valence-electron chi connectivity index (χ2n) is 6.13. The van der Waals surface area contributed by atoms with Gasteiger partial charge in [-0.15, -0.1) is 0 Å². The van der Waals surface area contributed by atoms with Crippen LogP contribution < -0.4 is 5.32 Å². The maximum atomic E-state index is 12.6. The molecule has 2 aromatic carbocycles. The third-order valence-corrected chi connectivity index (χ3v) is 6.20. The maximum absolute atomic E-state index is 12.6. The molecule has 9 heteroatoms. The van der Waals surface area contributed by atoms with Crippen LogP contribution in [-0.2, 0) is 10.0 Å². The number of aromatic carboxylic acids is 1. The average Bonchev–Trinajstić information content (AvgIpc) is 3.18. The minimum Gasteiger partial charge on any atom is -0.507 e. The van der Waals surface area contributed by atoms with Crippen LogP contribution in [0.15, 0.2) is 47.4 Å². The fourth-order valence-corrected chi connectivity index (χ4v) is 4.37. The molecule has 0 saturated carbocycles. The van der Waals surface area contributed by atoms with Gasteiger partial charge in [-0.3, -0.25) is 4.79 Å². The molecule has 1 aliphatic heterocycles. The van der Waals surface area contributed by atoms with Gasteiger partial charge in [-0.1, -0.05) is 0 Å². The highest BCUT2D eigenvalue weighted by atomic mass is 32.2. The first-order chi connectivity index (χ1) is 12.8. The van der Waals surface area contributed by atoms with Gasteiger partial charge < -0.3 is 15.5 Å². The van der Waals surface area contributed by atoms with Crippen molar-refractivity contribution in [2.24, 2.45) is 0 Å². The van der Waals surface area contributed by atoms with Crippen LogP contribution in [0.3, 0.4) is 0 Å². The number of anilines is 1. The first kappa shape index (κ1) is 18.9. The van der Waals surface area contributed by atoms with Gasteiger partial charge in [0, 0.05) is 18.8 Å². The molecule has 1 heterocycles. The number of amides is 1. The Morgan fingerprint density at radius 3 is 2.22 bits per heavy atom. The van der Waals surface area contributed by atoms with Crippen molar-refractivity contribution in [2.75, 3.05) is 18.4 Å². The highest BCUT2D eigenvalue weighted by Crippen LogP contribution is 2.26. The maximum Gasteiger partial charge on any atom is 0.335 e. The number of phenols is 1. The first-order valence-corrected chi connectivity index (χ1v) is 9.71. The van der Waals surface area contributed by atoms with Gasteiger partial charge in [0.1, 0.15) is 5.75 Å². The summed E-state index contributed by atoms with van der Waals surface area (Å²) >= 11 is 0. The van der Waals surface area contributed by atoms with E-state index in [1.54, 1.807) is 0 Å². The molecule has 0 unspecified atom stereocenters. The Balaban J connectivity index is 1.85. The van der Waals surface area contributed by atoms with E-state index in [4.69, 9.17) is 5.11 Å². The van der Waals surface area contributed by atoms with Crippen LogP contribution in [0.4, 0.5) is 5.69 Å². The normalized spacial score (nSPS) is 14.8. The van der Waals surface area contributed by atoms with Crippen LogP contribution >= 0.6 is 0 Å². The van der Waals surface area contributed by atoms with Crippen molar-refractivity contribution in [3.05, 3.63) is 53.6 Å². The number of nitrogens with one attached hydrogen (secondary N) is 1. The molecule has 3 rings (SSSR count). The lowest BCUT2D eigenvalue weighted by atomic mass is 10.1. The van der Waals surface area contributed by atoms with Gasteiger partial charge in [-0.05, 0) is 55.3 Å². The molecule has 1 saturated heterocycles. The molecule has 142 valence electrons. The summed E-state index contributed by atoms with van der Waals surface area (Å²) in [5, 5.41) is 21.4. The summed E-state index contributed by atoms with van der Waals surface area (Å²) in [6.07, 6.45) is 1.58. The Bertz CT molecular complexity index is 979. The third kappa shape index (κ3) is 3.93. The lowest BCUT2D eigenvalue weighted by Crippen LogP contribution is -2.28. The van der Waals surface area contributed by atoms with Crippen molar-refractivity contribution in [1.29, 1.82) is 0 Å². The number of carbonyl (C=O) groups excluding carboxylic acids is 1. The summed E-state index contributed by atoms with van der Waals surface area (Å²) in [6.45, 7) is 0.862. The van der Waals surface area contributed by atoms with Crippen LogP contribution in [0.2, 0.25) is 0 Å². The Morgan fingerprint density at radius 1 is 1.00 bits per heavy atom. The van der Waals surface area contributed by atoms with E-state index >= 15 is 0 Å². The number of carboxylic acids is 1. The van der Waals surface area contributed by atoms with Crippen molar-refractivity contribution >= 4 is 27.6 Å². The van der Waals surface area contributed by atoms with Gasteiger partial charge in [0.15, 0.2) is 0 Å². The summed E-state index contributed by atoms with van der Waals surface area (Å²) in [4.78, 5) is 23.3. The number of rotatable bonds is 5. The number of aromatic hydroxyl groups is 1. The predicted molar refractivity (Wildman–Crippen MR) is 97.5 cm³/mol. The zero-order valence-corrected chi connectivity index (χ0v) is 15.1. The zero-order chi connectivity index (χ0) is 19.6. The summed E-state index contributed by atoms with van der Waals surface area (Å²) < 4.78 is 26.6. The summed E-state index contributed by atoms with van der Waals surface area (Å²) in [5.74, 6) is -2.14. The van der Waals surface area contributed by atoms with E-state index in [0.717, 1.165) is 18.9 Å². The van der Waals surface area contributed by atoms with E-state index in [2.05, 4.69) is 5.32 Å². The van der Waals surface area contributed by atoms with E-state index in [1.807, 2.05) is 0 Å². The molecule has 0 bridgehead atoms. The molecule has 0 aliphatic carbocycles. The Labute approximate surface area is 156 Å². The van der Waals surface area contributed by atoms with Crippen molar-refractivity contribution in [1.82, 2.24) is 4.31 Å². The van der Waals surface area contributed by atoms with Gasteiger partial charge >= 0.3 is 5.97 Å². The van der Waals surface area contributed by atoms with E-state index < -0.39 is 21.9 Å². The topological polar surface area (TPSA) is 124 Å². The summed E-state index contributed by atoms with van der Waals surface area (Å²) in [6, 6.07) is 9.04. The number of sulfonamides is 1. The van der Waals surface area contributed by atoms with Crippen LogP contribution in [-0.4, -0.2) is 47.9 Å². The van der Waals surface area contributed by atoms with Crippen LogP contribution in [0.1, 0.15) is 33.6 Å². The van der Waals surface area contributed by atoms with Crippen molar-refractivity contribution in [3.8, 4) is 5.75 Å². The molecule has 8 nitrogen and oxygen atoms in total. The molecular formula is C18H18N2O6S. The molecule has 2 aromatic rings. The first-order valence-electron chi connectivity index (χ1n) is 8.27. The lowest BCUT2D eigenvalue weighted by Gasteiger charge is -2.16. The quantitative estimate of drug-likeness (QED) is 0.718. The Morgan fingerprint density at radius 2 is 1.63 bits per heavy atom. The number of hydrogen-bond acceptors (Lipinski definition) is 5. The molecule has 27 heavy (non-hydrogen) atoms. The number of benzene rings is 2. The van der Waals surface area contributed by atoms with Gasteiger partial charge in [0.25, 0.3) is 5.91 Å². The monoisotopic (exact) mass is 390 g/mol. The van der Waals surface area contributed by atoms with Gasteiger partial charge in [-0.2, -0.15) is 4.31 Å². The Kier molecular flexibility index (Phi) is 5.15. The fraction of sp³-hybridized carbons (Fsp3) is 0.222. The van der Waals surface area contributed by atoms with E-state index in [-0.39, 0.29) is 21.8 Å². The number of carboxylic acid groups (broad SMARTS) is 1. The molecule has 0 spiro atoms.